The third-order valence-corrected chi connectivity index (χ3v) is 7.01. The summed E-state index contributed by atoms with van der Waals surface area (Å²) >= 11 is 0. The maximum absolute atomic E-state index is 13.6. The lowest BCUT2D eigenvalue weighted by atomic mass is 9.80. The number of benzene rings is 3. The van der Waals surface area contributed by atoms with E-state index < -0.39 is 0 Å². The van der Waals surface area contributed by atoms with Crippen LogP contribution in [0.5, 0.6) is 0 Å². The van der Waals surface area contributed by atoms with Crippen LogP contribution < -0.4 is 10.9 Å². The number of carbonyl (C=O) groups excluding carboxylic acids is 1. The summed E-state index contributed by atoms with van der Waals surface area (Å²) in [5.41, 5.74) is 3.56. The van der Waals surface area contributed by atoms with Gasteiger partial charge in [0.25, 0.3) is 5.56 Å². The predicted molar refractivity (Wildman–Crippen MR) is 131 cm³/mol. The second-order valence-electron chi connectivity index (χ2n) is 9.29. The lowest BCUT2D eigenvalue weighted by molar-refractivity contribution is 0.140. The van der Waals surface area contributed by atoms with Crippen LogP contribution in [0.1, 0.15) is 18.0 Å². The topological polar surface area (TPSA) is 54.3 Å². The summed E-state index contributed by atoms with van der Waals surface area (Å²) < 4.78 is 15.5. The lowest BCUT2D eigenvalue weighted by Gasteiger charge is -2.43. The Labute approximate surface area is 196 Å². The first-order chi connectivity index (χ1) is 16.5. The molecule has 2 amide bonds. The fourth-order valence-corrected chi connectivity index (χ4v) is 5.55. The van der Waals surface area contributed by atoms with Crippen molar-refractivity contribution in [2.75, 3.05) is 18.4 Å². The van der Waals surface area contributed by atoms with Crippen molar-refractivity contribution < 1.29 is 9.18 Å². The van der Waals surface area contributed by atoms with Crippen LogP contribution in [-0.4, -0.2) is 28.6 Å². The maximum atomic E-state index is 13.6. The van der Waals surface area contributed by atoms with Gasteiger partial charge in [0.1, 0.15) is 5.82 Å². The number of halogens is 1. The molecule has 0 aliphatic carbocycles. The van der Waals surface area contributed by atoms with Crippen molar-refractivity contribution in [3.63, 3.8) is 0 Å². The number of piperidine rings is 1. The van der Waals surface area contributed by atoms with E-state index in [0.717, 1.165) is 28.6 Å². The Morgan fingerprint density at radius 1 is 0.882 bits per heavy atom. The molecule has 6 heteroatoms. The van der Waals surface area contributed by atoms with Crippen LogP contribution in [0, 0.1) is 11.7 Å². The third kappa shape index (κ3) is 3.65. The number of urea groups is 1. The molecule has 0 radical (unpaired) electrons. The molecule has 1 aromatic heterocycles. The van der Waals surface area contributed by atoms with Crippen molar-refractivity contribution >= 4 is 22.5 Å². The highest BCUT2D eigenvalue weighted by molar-refractivity contribution is 5.90. The van der Waals surface area contributed by atoms with Gasteiger partial charge in [-0.05, 0) is 59.0 Å². The third-order valence-electron chi connectivity index (χ3n) is 7.01. The van der Waals surface area contributed by atoms with E-state index in [1.165, 1.54) is 17.5 Å². The van der Waals surface area contributed by atoms with Crippen LogP contribution in [0.3, 0.4) is 0 Å². The molecule has 0 saturated carbocycles. The number of carbonyl (C=O) groups is 1. The van der Waals surface area contributed by atoms with Crippen molar-refractivity contribution in [1.82, 2.24) is 9.47 Å². The van der Waals surface area contributed by atoms with Crippen LogP contribution in [0.4, 0.5) is 14.9 Å². The average Bonchev–Trinajstić information content (AvgIpc) is 2.84. The molecular formula is C28H24FN3O2. The summed E-state index contributed by atoms with van der Waals surface area (Å²) in [5, 5.41) is 5.15. The van der Waals surface area contributed by atoms with Gasteiger partial charge in [0.15, 0.2) is 0 Å². The highest BCUT2D eigenvalue weighted by Gasteiger charge is 2.38. The minimum absolute atomic E-state index is 0.00639. The van der Waals surface area contributed by atoms with Gasteiger partial charge in [0, 0.05) is 48.6 Å². The molecule has 6 rings (SSSR count). The molecule has 170 valence electrons. The second-order valence-corrected chi connectivity index (χ2v) is 9.29. The van der Waals surface area contributed by atoms with Crippen LogP contribution in [0.25, 0.3) is 21.9 Å². The summed E-state index contributed by atoms with van der Waals surface area (Å²) in [6, 6.07) is 23.9. The average molecular weight is 454 g/mol. The zero-order valence-corrected chi connectivity index (χ0v) is 18.6. The smallest absolute Gasteiger partial charge is 0.321 e. The molecule has 2 atom stereocenters. The zero-order chi connectivity index (χ0) is 23.2. The Hall–Kier alpha value is -3.93. The number of nitrogens with one attached hydrogen (secondary N) is 1. The first kappa shape index (κ1) is 20.7. The highest BCUT2D eigenvalue weighted by Crippen LogP contribution is 2.40. The van der Waals surface area contributed by atoms with Gasteiger partial charge in [-0.25, -0.2) is 9.18 Å². The quantitative estimate of drug-likeness (QED) is 0.438. The van der Waals surface area contributed by atoms with E-state index >= 15 is 0 Å². The van der Waals surface area contributed by atoms with E-state index in [2.05, 4.69) is 35.6 Å². The molecule has 3 aromatic carbocycles. The minimum atomic E-state index is -0.387. The van der Waals surface area contributed by atoms with Crippen molar-refractivity contribution in [2.45, 2.75) is 18.9 Å². The van der Waals surface area contributed by atoms with Crippen molar-refractivity contribution in [3.05, 3.63) is 101 Å². The van der Waals surface area contributed by atoms with Gasteiger partial charge >= 0.3 is 6.03 Å². The van der Waals surface area contributed by atoms with Crippen LogP contribution >= 0.6 is 0 Å². The van der Waals surface area contributed by atoms with Crippen molar-refractivity contribution in [1.29, 1.82) is 0 Å². The number of amides is 2. The number of likely N-dealkylation sites (tertiary alicyclic amines) is 1. The van der Waals surface area contributed by atoms with Crippen molar-refractivity contribution in [2.24, 2.45) is 5.92 Å². The molecule has 4 aromatic rings. The van der Waals surface area contributed by atoms with Crippen LogP contribution in [-0.2, 0) is 6.54 Å². The molecule has 1 saturated heterocycles. The van der Waals surface area contributed by atoms with Crippen LogP contribution in [0.15, 0.2) is 83.7 Å². The molecule has 5 nitrogen and oxygen atoms in total. The number of anilines is 1. The lowest BCUT2D eigenvalue weighted by Crippen LogP contribution is -2.50. The van der Waals surface area contributed by atoms with Gasteiger partial charge < -0.3 is 14.8 Å². The fourth-order valence-electron chi connectivity index (χ4n) is 5.55. The van der Waals surface area contributed by atoms with E-state index in [-0.39, 0.29) is 29.2 Å². The van der Waals surface area contributed by atoms with E-state index in [4.69, 9.17) is 0 Å². The monoisotopic (exact) mass is 453 g/mol. The number of rotatable bonds is 2. The molecule has 2 aliphatic rings. The molecule has 3 heterocycles. The van der Waals surface area contributed by atoms with Gasteiger partial charge in [0.2, 0.25) is 0 Å². The maximum Gasteiger partial charge on any atom is 0.321 e. The number of hydrogen-bond acceptors (Lipinski definition) is 2. The largest absolute Gasteiger partial charge is 0.324 e. The molecule has 34 heavy (non-hydrogen) atoms. The van der Waals surface area contributed by atoms with Gasteiger partial charge in [-0.15, -0.1) is 0 Å². The van der Waals surface area contributed by atoms with Gasteiger partial charge in [-0.1, -0.05) is 42.5 Å². The molecule has 0 spiro atoms. The summed E-state index contributed by atoms with van der Waals surface area (Å²) in [5.74, 6) is -0.128. The highest BCUT2D eigenvalue weighted by atomic mass is 19.1. The first-order valence-corrected chi connectivity index (χ1v) is 11.6. The molecule has 2 aliphatic heterocycles. The predicted octanol–water partition coefficient (Wildman–Crippen LogP) is 5.46. The molecule has 0 unspecified atom stereocenters. The van der Waals surface area contributed by atoms with Crippen molar-refractivity contribution in [3.8, 4) is 11.1 Å². The summed E-state index contributed by atoms with van der Waals surface area (Å²) in [7, 11) is 0. The second kappa shape index (κ2) is 8.13. The standard InChI is InChI=1S/C28H24FN3O2/c29-23-6-3-7-24(14-23)30-28(34)31-15-18-12-22(17-31)27-25(10-11-26(33)32(27)16-18)21-9-8-19-4-1-2-5-20(19)13-21/h1-11,13-14,18,22H,12,15-17H2,(H,30,34)/t18-,22+/m0/s1. The number of nitrogens with zero attached hydrogens (tertiary/aromatic N) is 2. The Kier molecular flexibility index (Phi) is 4.94. The fraction of sp³-hybridized carbons (Fsp3) is 0.214. The SMILES string of the molecule is O=C(Nc1cccc(F)c1)N1C[C@@H]2C[C@H](C1)c1c(-c3ccc4ccccc4c3)ccc(=O)n1C2. The summed E-state index contributed by atoms with van der Waals surface area (Å²) in [4.78, 5) is 27.6. The van der Waals surface area contributed by atoms with E-state index in [1.54, 1.807) is 23.1 Å². The van der Waals surface area contributed by atoms with Gasteiger partial charge in [-0.3, -0.25) is 4.79 Å². The Morgan fingerprint density at radius 3 is 2.59 bits per heavy atom. The normalized spacial score (nSPS) is 19.0. The minimum Gasteiger partial charge on any atom is -0.324 e. The number of hydrogen-bond donors (Lipinski definition) is 1. The number of aromatic nitrogens is 1. The Balaban J connectivity index is 1.35. The summed E-state index contributed by atoms with van der Waals surface area (Å²) in [6.07, 6.45) is 0.938. The molecule has 2 bridgehead atoms. The van der Waals surface area contributed by atoms with E-state index in [1.807, 2.05) is 22.8 Å². The molecular weight excluding hydrogens is 429 g/mol. The molecule has 1 N–H and O–H groups in total. The zero-order valence-electron chi connectivity index (χ0n) is 18.6. The van der Waals surface area contributed by atoms with Gasteiger partial charge in [0.05, 0.1) is 0 Å². The van der Waals surface area contributed by atoms with Gasteiger partial charge in [-0.2, -0.15) is 0 Å². The molecule has 1 fully saturated rings. The number of pyridine rings is 1. The number of fused-ring (bicyclic) bond motifs is 5. The van der Waals surface area contributed by atoms with Crippen LogP contribution in [0.2, 0.25) is 0 Å². The first-order valence-electron chi connectivity index (χ1n) is 11.6. The Bertz CT molecular complexity index is 1480. The van der Waals surface area contributed by atoms with E-state index in [0.29, 0.717) is 25.3 Å². The van der Waals surface area contributed by atoms with E-state index in [9.17, 15) is 14.0 Å². The Morgan fingerprint density at radius 2 is 1.74 bits per heavy atom. The summed E-state index contributed by atoms with van der Waals surface area (Å²) in [6.45, 7) is 1.68.